The van der Waals surface area contributed by atoms with Crippen LogP contribution in [0.15, 0.2) is 48.5 Å². The highest BCUT2D eigenvalue weighted by atomic mass is 35.5. The van der Waals surface area contributed by atoms with Gasteiger partial charge in [0.25, 0.3) is 5.91 Å². The van der Waals surface area contributed by atoms with Crippen molar-refractivity contribution in [2.75, 3.05) is 13.1 Å². The zero-order valence-electron chi connectivity index (χ0n) is 13.3. The second-order valence-corrected chi connectivity index (χ2v) is 6.43. The largest absolute Gasteiger partial charge is 0.489 e. The molecule has 0 radical (unpaired) electrons. The molecule has 2 aromatic rings. The van der Waals surface area contributed by atoms with E-state index in [0.29, 0.717) is 36.0 Å². The quantitative estimate of drug-likeness (QED) is 0.922. The summed E-state index contributed by atoms with van der Waals surface area (Å²) in [5.41, 5.74) is 1.55. The zero-order valence-corrected chi connectivity index (χ0v) is 14.1. The van der Waals surface area contributed by atoms with Gasteiger partial charge in [0.1, 0.15) is 12.4 Å². The Kier molecular flexibility index (Phi) is 5.38. The number of carbonyl (C=O) groups is 1. The van der Waals surface area contributed by atoms with Crippen LogP contribution in [0.3, 0.4) is 0 Å². The van der Waals surface area contributed by atoms with Gasteiger partial charge in [-0.2, -0.15) is 0 Å². The molecule has 1 atom stereocenters. The molecule has 0 aromatic heterocycles. The smallest absolute Gasteiger partial charge is 0.254 e. The molecule has 1 aliphatic rings. The predicted molar refractivity (Wildman–Crippen MR) is 93.4 cm³/mol. The van der Waals surface area contributed by atoms with Crippen molar-refractivity contribution in [2.24, 2.45) is 0 Å². The van der Waals surface area contributed by atoms with Crippen LogP contribution >= 0.6 is 11.6 Å². The van der Waals surface area contributed by atoms with Gasteiger partial charge in [-0.1, -0.05) is 29.8 Å². The molecular weight excluding hydrogens is 326 g/mol. The molecule has 1 heterocycles. The maximum atomic E-state index is 12.6. The van der Waals surface area contributed by atoms with Crippen molar-refractivity contribution in [1.29, 1.82) is 0 Å². The molecule has 0 saturated carbocycles. The number of hydrogen-bond acceptors (Lipinski definition) is 3. The van der Waals surface area contributed by atoms with Gasteiger partial charge in [0.05, 0.1) is 6.10 Å². The normalized spacial score (nSPS) is 17.6. The lowest BCUT2D eigenvalue weighted by Crippen LogP contribution is -2.42. The van der Waals surface area contributed by atoms with Gasteiger partial charge in [-0.25, -0.2) is 0 Å². The summed E-state index contributed by atoms with van der Waals surface area (Å²) < 4.78 is 5.77. The van der Waals surface area contributed by atoms with Crippen LogP contribution in [0.4, 0.5) is 0 Å². The Morgan fingerprint density at radius 3 is 2.88 bits per heavy atom. The van der Waals surface area contributed by atoms with E-state index in [-0.39, 0.29) is 5.91 Å². The van der Waals surface area contributed by atoms with Gasteiger partial charge < -0.3 is 14.7 Å². The molecule has 0 aliphatic carbocycles. The summed E-state index contributed by atoms with van der Waals surface area (Å²) in [6.45, 7) is 1.47. The lowest BCUT2D eigenvalue weighted by atomic mass is 10.1. The van der Waals surface area contributed by atoms with Crippen LogP contribution in [0, 0.1) is 0 Å². The van der Waals surface area contributed by atoms with E-state index in [2.05, 4.69) is 0 Å². The number of benzene rings is 2. The molecule has 0 spiro atoms. The second kappa shape index (κ2) is 7.69. The first kappa shape index (κ1) is 16.8. The highest BCUT2D eigenvalue weighted by molar-refractivity contribution is 6.30. The van der Waals surface area contributed by atoms with Gasteiger partial charge in [0.15, 0.2) is 0 Å². The van der Waals surface area contributed by atoms with E-state index in [1.807, 2.05) is 30.3 Å². The van der Waals surface area contributed by atoms with Gasteiger partial charge in [-0.05, 0) is 48.7 Å². The molecular formula is C19H20ClNO3. The molecule has 24 heavy (non-hydrogen) atoms. The molecule has 0 bridgehead atoms. The Morgan fingerprint density at radius 2 is 2.08 bits per heavy atom. The maximum absolute atomic E-state index is 12.6. The fourth-order valence-corrected chi connectivity index (χ4v) is 3.05. The molecule has 2 aromatic carbocycles. The lowest BCUT2D eigenvalue weighted by Gasteiger charge is -2.30. The average Bonchev–Trinajstić information content (AvgIpc) is 2.60. The third-order valence-corrected chi connectivity index (χ3v) is 4.29. The van der Waals surface area contributed by atoms with Crippen LogP contribution in [0.5, 0.6) is 5.75 Å². The Labute approximate surface area is 146 Å². The number of carbonyl (C=O) groups excluding carboxylic acids is 1. The summed E-state index contributed by atoms with van der Waals surface area (Å²) in [5.74, 6) is 0.570. The third-order valence-electron chi connectivity index (χ3n) is 4.06. The van der Waals surface area contributed by atoms with Gasteiger partial charge in [-0.3, -0.25) is 4.79 Å². The molecule has 1 N–H and O–H groups in total. The summed E-state index contributed by atoms with van der Waals surface area (Å²) in [6, 6.07) is 14.6. The summed E-state index contributed by atoms with van der Waals surface area (Å²) >= 11 is 5.97. The van der Waals surface area contributed by atoms with Crippen molar-refractivity contribution in [3.8, 4) is 5.75 Å². The van der Waals surface area contributed by atoms with Crippen LogP contribution in [0.25, 0.3) is 0 Å². The standard InChI is InChI=1S/C19H20ClNO3/c20-16-6-1-4-14(10-16)13-24-18-8-2-5-15(11-18)19(23)21-9-3-7-17(22)12-21/h1-2,4-6,8,10-11,17,22H,3,7,9,12-13H2. The fraction of sp³-hybridized carbons (Fsp3) is 0.316. The Bertz CT molecular complexity index is 719. The summed E-state index contributed by atoms with van der Waals surface area (Å²) in [5, 5.41) is 10.4. The number of piperidine rings is 1. The molecule has 126 valence electrons. The van der Waals surface area contributed by atoms with Crippen molar-refractivity contribution < 1.29 is 14.6 Å². The van der Waals surface area contributed by atoms with Gasteiger partial charge in [0.2, 0.25) is 0 Å². The topological polar surface area (TPSA) is 49.8 Å². The zero-order chi connectivity index (χ0) is 16.9. The van der Waals surface area contributed by atoms with E-state index in [9.17, 15) is 9.90 Å². The van der Waals surface area contributed by atoms with E-state index in [1.165, 1.54) is 0 Å². The Morgan fingerprint density at radius 1 is 1.25 bits per heavy atom. The minimum absolute atomic E-state index is 0.0676. The maximum Gasteiger partial charge on any atom is 0.254 e. The number of ether oxygens (including phenoxy) is 1. The number of aliphatic hydroxyl groups excluding tert-OH is 1. The summed E-state index contributed by atoms with van der Waals surface area (Å²) in [7, 11) is 0. The van der Waals surface area contributed by atoms with Crippen molar-refractivity contribution in [3.63, 3.8) is 0 Å². The van der Waals surface area contributed by atoms with Crippen molar-refractivity contribution >= 4 is 17.5 Å². The predicted octanol–water partition coefficient (Wildman–Crippen LogP) is 3.52. The van der Waals surface area contributed by atoms with Gasteiger partial charge >= 0.3 is 0 Å². The van der Waals surface area contributed by atoms with Crippen molar-refractivity contribution in [1.82, 2.24) is 4.90 Å². The minimum Gasteiger partial charge on any atom is -0.489 e. The van der Waals surface area contributed by atoms with E-state index in [0.717, 1.165) is 18.4 Å². The molecule has 1 amide bonds. The van der Waals surface area contributed by atoms with Gasteiger partial charge in [0, 0.05) is 23.7 Å². The summed E-state index contributed by atoms with van der Waals surface area (Å²) in [6.07, 6.45) is 1.16. The van der Waals surface area contributed by atoms with Crippen molar-refractivity contribution in [2.45, 2.75) is 25.6 Å². The average molecular weight is 346 g/mol. The summed E-state index contributed by atoms with van der Waals surface area (Å²) in [4.78, 5) is 14.3. The molecule has 1 unspecified atom stereocenters. The highest BCUT2D eigenvalue weighted by Crippen LogP contribution is 2.19. The van der Waals surface area contributed by atoms with Crippen LogP contribution in [-0.2, 0) is 6.61 Å². The first-order chi connectivity index (χ1) is 11.6. The highest BCUT2D eigenvalue weighted by Gasteiger charge is 2.23. The number of hydrogen-bond donors (Lipinski definition) is 1. The van der Waals surface area contributed by atoms with E-state index >= 15 is 0 Å². The van der Waals surface area contributed by atoms with Crippen molar-refractivity contribution in [3.05, 3.63) is 64.7 Å². The first-order valence-electron chi connectivity index (χ1n) is 8.06. The SMILES string of the molecule is O=C(c1cccc(OCc2cccc(Cl)c2)c1)N1CCCC(O)C1. The number of rotatable bonds is 4. The molecule has 3 rings (SSSR count). The number of aliphatic hydroxyl groups is 1. The number of likely N-dealkylation sites (tertiary alicyclic amines) is 1. The first-order valence-corrected chi connectivity index (χ1v) is 8.44. The molecule has 1 saturated heterocycles. The third kappa shape index (κ3) is 4.28. The van der Waals surface area contributed by atoms with Crippen LogP contribution in [0.2, 0.25) is 5.02 Å². The Balaban J connectivity index is 1.66. The number of halogens is 1. The number of amides is 1. The second-order valence-electron chi connectivity index (χ2n) is 5.99. The van der Waals surface area contributed by atoms with Crippen LogP contribution in [-0.4, -0.2) is 35.1 Å². The minimum atomic E-state index is -0.426. The van der Waals surface area contributed by atoms with Gasteiger partial charge in [-0.15, -0.1) is 0 Å². The molecule has 5 heteroatoms. The lowest BCUT2D eigenvalue weighted by molar-refractivity contribution is 0.0473. The van der Waals surface area contributed by atoms with E-state index in [1.54, 1.807) is 23.1 Å². The number of nitrogens with zero attached hydrogens (tertiary/aromatic N) is 1. The van der Waals surface area contributed by atoms with Crippen LogP contribution < -0.4 is 4.74 Å². The molecule has 1 fully saturated rings. The molecule has 4 nitrogen and oxygen atoms in total. The fourth-order valence-electron chi connectivity index (χ4n) is 2.83. The number of β-amino-alcohol motifs (C(OH)–C–C–N with tert-alkyl or cyclic N) is 1. The van der Waals surface area contributed by atoms with E-state index < -0.39 is 6.10 Å². The monoisotopic (exact) mass is 345 g/mol. The molecule has 1 aliphatic heterocycles. The van der Waals surface area contributed by atoms with Crippen LogP contribution in [0.1, 0.15) is 28.8 Å². The Hall–Kier alpha value is -2.04. The van der Waals surface area contributed by atoms with E-state index in [4.69, 9.17) is 16.3 Å².